The highest BCUT2D eigenvalue weighted by molar-refractivity contribution is 6.17. The fraction of sp³-hybridized carbons (Fsp3) is 0.588. The molecule has 1 aliphatic heterocycles. The van der Waals surface area contributed by atoms with Gasteiger partial charge in [0.15, 0.2) is 5.82 Å². The Morgan fingerprint density at radius 1 is 1.29 bits per heavy atom. The number of alkyl halides is 1. The molecule has 1 unspecified atom stereocenters. The number of imidazole rings is 1. The van der Waals surface area contributed by atoms with Gasteiger partial charge in [-0.25, -0.2) is 4.98 Å². The smallest absolute Gasteiger partial charge is 0.152 e. The van der Waals surface area contributed by atoms with Crippen molar-refractivity contribution in [3.63, 3.8) is 0 Å². The van der Waals surface area contributed by atoms with Crippen molar-refractivity contribution in [1.29, 1.82) is 0 Å². The van der Waals surface area contributed by atoms with Crippen molar-refractivity contribution in [3.05, 3.63) is 30.1 Å². The molecule has 114 valence electrons. The molecule has 1 saturated heterocycles. The Morgan fingerprint density at radius 3 is 3.00 bits per heavy atom. The minimum absolute atomic E-state index is 0.509. The molecule has 21 heavy (non-hydrogen) atoms. The van der Waals surface area contributed by atoms with Crippen LogP contribution in [0, 0.1) is 5.92 Å². The molecule has 0 N–H and O–H groups in total. The van der Waals surface area contributed by atoms with Crippen molar-refractivity contribution in [2.24, 2.45) is 5.92 Å². The second kappa shape index (κ2) is 6.69. The summed E-state index contributed by atoms with van der Waals surface area (Å²) < 4.78 is 2.12. The maximum absolute atomic E-state index is 6.20. The molecule has 2 aromatic rings. The summed E-state index contributed by atoms with van der Waals surface area (Å²) in [5, 5.41) is 0. The largest absolute Gasteiger partial charge is 0.355 e. The quantitative estimate of drug-likeness (QED) is 0.776. The monoisotopic (exact) mass is 305 g/mol. The molecule has 0 bridgehead atoms. The third-order valence-corrected chi connectivity index (χ3v) is 4.83. The Kier molecular flexibility index (Phi) is 4.69. The Balaban J connectivity index is 1.86. The fourth-order valence-corrected chi connectivity index (χ4v) is 3.73. The van der Waals surface area contributed by atoms with Gasteiger partial charge in [-0.15, -0.1) is 11.6 Å². The number of hydrogen-bond donors (Lipinski definition) is 0. The predicted octanol–water partition coefficient (Wildman–Crippen LogP) is 4.48. The average molecular weight is 306 g/mol. The van der Waals surface area contributed by atoms with E-state index in [9.17, 15) is 0 Å². The molecule has 0 radical (unpaired) electrons. The highest BCUT2D eigenvalue weighted by Crippen LogP contribution is 2.28. The molecule has 1 atom stereocenters. The van der Waals surface area contributed by atoms with Crippen LogP contribution >= 0.6 is 11.6 Å². The van der Waals surface area contributed by atoms with Gasteiger partial charge in [0, 0.05) is 19.3 Å². The zero-order valence-electron chi connectivity index (χ0n) is 12.8. The first-order valence-corrected chi connectivity index (χ1v) is 8.63. The van der Waals surface area contributed by atoms with Gasteiger partial charge in [0.2, 0.25) is 0 Å². The summed E-state index contributed by atoms with van der Waals surface area (Å²) in [6.07, 6.45) is 8.62. The van der Waals surface area contributed by atoms with Crippen molar-refractivity contribution in [3.8, 4) is 0 Å². The lowest BCUT2D eigenvalue weighted by Gasteiger charge is -2.21. The second-order valence-corrected chi connectivity index (χ2v) is 6.28. The zero-order chi connectivity index (χ0) is 14.7. The van der Waals surface area contributed by atoms with Crippen LogP contribution in [0.1, 0.15) is 44.7 Å². The van der Waals surface area contributed by atoms with E-state index in [0.29, 0.717) is 5.88 Å². The summed E-state index contributed by atoms with van der Waals surface area (Å²) in [5.74, 6) is 2.49. The standard InChI is InChI=1S/C17H24ClN3/c1-2-6-14-7-5-10-20(12-9-14)17-15(13-18)21-11-4-3-8-16(21)19-17/h3-4,8,11,14H,2,5-7,9-10,12-13H2,1H3. The predicted molar refractivity (Wildman–Crippen MR) is 89.2 cm³/mol. The molecule has 3 heterocycles. The van der Waals surface area contributed by atoms with Crippen LogP contribution in [-0.4, -0.2) is 22.5 Å². The molecule has 0 amide bonds. The first-order valence-electron chi connectivity index (χ1n) is 8.10. The lowest BCUT2D eigenvalue weighted by atomic mass is 9.96. The minimum Gasteiger partial charge on any atom is -0.355 e. The number of halogens is 1. The van der Waals surface area contributed by atoms with E-state index in [0.717, 1.165) is 36.2 Å². The van der Waals surface area contributed by atoms with Gasteiger partial charge in [0.25, 0.3) is 0 Å². The van der Waals surface area contributed by atoms with Gasteiger partial charge in [-0.2, -0.15) is 0 Å². The van der Waals surface area contributed by atoms with Gasteiger partial charge in [-0.1, -0.05) is 25.8 Å². The molecule has 0 aromatic carbocycles. The Labute approximate surface area is 131 Å². The Morgan fingerprint density at radius 2 is 2.19 bits per heavy atom. The summed E-state index contributed by atoms with van der Waals surface area (Å²) in [5.41, 5.74) is 2.12. The van der Waals surface area contributed by atoms with Gasteiger partial charge in [-0.3, -0.25) is 0 Å². The summed E-state index contributed by atoms with van der Waals surface area (Å²) in [6, 6.07) is 6.12. The Hall–Kier alpha value is -1.22. The van der Waals surface area contributed by atoms with Gasteiger partial charge in [0.1, 0.15) is 5.65 Å². The summed E-state index contributed by atoms with van der Waals surface area (Å²) in [4.78, 5) is 7.27. The van der Waals surface area contributed by atoms with Crippen LogP contribution in [0.2, 0.25) is 0 Å². The fourth-order valence-electron chi connectivity index (χ4n) is 3.49. The van der Waals surface area contributed by atoms with E-state index >= 15 is 0 Å². The van der Waals surface area contributed by atoms with Crippen molar-refractivity contribution in [2.75, 3.05) is 18.0 Å². The minimum atomic E-state index is 0.509. The van der Waals surface area contributed by atoms with E-state index in [1.165, 1.54) is 32.1 Å². The van der Waals surface area contributed by atoms with E-state index in [-0.39, 0.29) is 0 Å². The van der Waals surface area contributed by atoms with Crippen molar-refractivity contribution in [2.45, 2.75) is 44.9 Å². The van der Waals surface area contributed by atoms with Crippen LogP contribution in [0.25, 0.3) is 5.65 Å². The van der Waals surface area contributed by atoms with Crippen LogP contribution in [0.4, 0.5) is 5.82 Å². The summed E-state index contributed by atoms with van der Waals surface area (Å²) >= 11 is 6.20. The molecule has 2 aromatic heterocycles. The van der Waals surface area contributed by atoms with Gasteiger partial charge >= 0.3 is 0 Å². The van der Waals surface area contributed by atoms with E-state index < -0.39 is 0 Å². The molecule has 3 rings (SSSR count). The Bertz CT molecular complexity index is 593. The lowest BCUT2D eigenvalue weighted by molar-refractivity contribution is 0.435. The van der Waals surface area contributed by atoms with Crippen molar-refractivity contribution in [1.82, 2.24) is 9.38 Å². The summed E-state index contributed by atoms with van der Waals surface area (Å²) in [7, 11) is 0. The van der Waals surface area contributed by atoms with Crippen LogP contribution in [0.5, 0.6) is 0 Å². The van der Waals surface area contributed by atoms with Gasteiger partial charge in [-0.05, 0) is 37.3 Å². The molecule has 1 fully saturated rings. The maximum atomic E-state index is 6.20. The lowest BCUT2D eigenvalue weighted by Crippen LogP contribution is -2.25. The molecular formula is C17H24ClN3. The number of hydrogen-bond acceptors (Lipinski definition) is 2. The first-order chi connectivity index (χ1) is 10.3. The number of anilines is 1. The highest BCUT2D eigenvalue weighted by Gasteiger charge is 2.21. The van der Waals surface area contributed by atoms with Crippen LogP contribution in [0.3, 0.4) is 0 Å². The molecule has 3 nitrogen and oxygen atoms in total. The SMILES string of the molecule is CCCC1CCCN(c2nc3ccccn3c2CCl)CC1. The molecule has 0 spiro atoms. The van der Waals surface area contributed by atoms with Crippen LogP contribution in [-0.2, 0) is 5.88 Å². The van der Waals surface area contributed by atoms with E-state index in [2.05, 4.69) is 28.5 Å². The zero-order valence-corrected chi connectivity index (χ0v) is 13.5. The number of fused-ring (bicyclic) bond motifs is 1. The van der Waals surface area contributed by atoms with Gasteiger partial charge in [0.05, 0.1) is 11.6 Å². The van der Waals surface area contributed by atoms with Crippen LogP contribution in [0.15, 0.2) is 24.4 Å². The molecule has 4 heteroatoms. The van der Waals surface area contributed by atoms with Crippen LogP contribution < -0.4 is 4.90 Å². The number of rotatable bonds is 4. The third-order valence-electron chi connectivity index (χ3n) is 4.58. The normalized spacial score (nSPS) is 19.9. The first kappa shape index (κ1) is 14.7. The van der Waals surface area contributed by atoms with Crippen molar-refractivity contribution < 1.29 is 0 Å². The average Bonchev–Trinajstić information content (AvgIpc) is 2.72. The molecular weight excluding hydrogens is 282 g/mol. The number of nitrogens with zero attached hydrogens (tertiary/aromatic N) is 3. The van der Waals surface area contributed by atoms with E-state index in [1.54, 1.807) is 0 Å². The second-order valence-electron chi connectivity index (χ2n) is 6.02. The molecule has 0 saturated carbocycles. The molecule has 0 aliphatic carbocycles. The topological polar surface area (TPSA) is 20.5 Å². The van der Waals surface area contributed by atoms with Crippen molar-refractivity contribution >= 4 is 23.1 Å². The molecule has 1 aliphatic rings. The third kappa shape index (κ3) is 3.03. The van der Waals surface area contributed by atoms with E-state index in [4.69, 9.17) is 16.6 Å². The number of aromatic nitrogens is 2. The maximum Gasteiger partial charge on any atom is 0.152 e. The highest BCUT2D eigenvalue weighted by atomic mass is 35.5. The number of pyridine rings is 1. The van der Waals surface area contributed by atoms with Gasteiger partial charge < -0.3 is 9.30 Å². The summed E-state index contributed by atoms with van der Waals surface area (Å²) in [6.45, 7) is 4.50. The van der Waals surface area contributed by atoms with E-state index in [1.807, 2.05) is 12.1 Å².